The average Bonchev–Trinajstić information content (AvgIpc) is 3.20. The lowest BCUT2D eigenvalue weighted by molar-refractivity contribution is 0.515. The second-order valence-corrected chi connectivity index (χ2v) is 14.5. The summed E-state index contributed by atoms with van der Waals surface area (Å²) in [5, 5.41) is 7.68. The maximum absolute atomic E-state index is 3.95. The molecular weight excluding hydrogens is 629 g/mol. The SMILES string of the molecule is CC1(Nc2ccc(-c3ccc(Nc4ccc(-c5ccccc5)cc4)c(-c4ccccc4)c3)cc2-c2ccccc2)C=CC(C2(C)C=CC=CC2)=CC1. The predicted octanol–water partition coefficient (Wildman–Crippen LogP) is 13.7. The van der Waals surface area contributed by atoms with Crippen molar-refractivity contribution in [2.75, 3.05) is 10.6 Å². The summed E-state index contributed by atoms with van der Waals surface area (Å²) in [6.07, 6.45) is 18.0. The van der Waals surface area contributed by atoms with E-state index in [1.165, 1.54) is 44.5 Å². The molecule has 2 aliphatic carbocycles. The number of rotatable bonds is 9. The van der Waals surface area contributed by atoms with Gasteiger partial charge >= 0.3 is 0 Å². The smallest absolute Gasteiger partial charge is 0.0565 e. The van der Waals surface area contributed by atoms with Gasteiger partial charge in [-0.3, -0.25) is 0 Å². The number of nitrogens with one attached hydrogen (secondary N) is 2. The molecule has 0 saturated carbocycles. The monoisotopic (exact) mass is 672 g/mol. The van der Waals surface area contributed by atoms with E-state index in [1.54, 1.807) is 0 Å². The van der Waals surface area contributed by atoms with Gasteiger partial charge in [0.25, 0.3) is 0 Å². The van der Waals surface area contributed by atoms with Crippen LogP contribution < -0.4 is 10.6 Å². The molecule has 2 nitrogen and oxygen atoms in total. The van der Waals surface area contributed by atoms with E-state index in [0.717, 1.165) is 35.5 Å². The zero-order chi connectivity index (χ0) is 35.4. The molecule has 6 aromatic carbocycles. The number of hydrogen-bond donors (Lipinski definition) is 2. The van der Waals surface area contributed by atoms with Crippen LogP contribution in [0.4, 0.5) is 17.1 Å². The van der Waals surface area contributed by atoms with Crippen LogP contribution in [0, 0.1) is 5.41 Å². The van der Waals surface area contributed by atoms with Crippen LogP contribution in [0.2, 0.25) is 0 Å². The summed E-state index contributed by atoms with van der Waals surface area (Å²) in [5.41, 5.74) is 14.0. The van der Waals surface area contributed by atoms with Crippen LogP contribution in [0.15, 0.2) is 200 Å². The third-order valence-corrected chi connectivity index (χ3v) is 10.5. The van der Waals surface area contributed by atoms with Gasteiger partial charge in [-0.15, -0.1) is 0 Å². The van der Waals surface area contributed by atoms with Crippen LogP contribution in [0.1, 0.15) is 26.7 Å². The highest BCUT2D eigenvalue weighted by Crippen LogP contribution is 2.42. The van der Waals surface area contributed by atoms with E-state index in [9.17, 15) is 0 Å². The molecule has 52 heavy (non-hydrogen) atoms. The van der Waals surface area contributed by atoms with Crippen LogP contribution in [0.3, 0.4) is 0 Å². The minimum absolute atomic E-state index is 0.0556. The van der Waals surface area contributed by atoms with Crippen LogP contribution in [0.5, 0.6) is 0 Å². The first-order valence-corrected chi connectivity index (χ1v) is 18.3. The Hall–Kier alpha value is -6.12. The molecule has 0 bridgehead atoms. The maximum atomic E-state index is 3.95. The Kier molecular flexibility index (Phi) is 9.05. The summed E-state index contributed by atoms with van der Waals surface area (Å²) < 4.78 is 0. The van der Waals surface area contributed by atoms with Crippen molar-refractivity contribution < 1.29 is 0 Å². The van der Waals surface area contributed by atoms with Crippen molar-refractivity contribution in [1.29, 1.82) is 0 Å². The summed E-state index contributed by atoms with van der Waals surface area (Å²) in [6, 6.07) is 54.2. The molecule has 2 aliphatic rings. The van der Waals surface area contributed by atoms with Gasteiger partial charge < -0.3 is 10.6 Å². The maximum Gasteiger partial charge on any atom is 0.0565 e. The molecule has 0 fully saturated rings. The van der Waals surface area contributed by atoms with Gasteiger partial charge in [0.05, 0.1) is 5.54 Å². The lowest BCUT2D eigenvalue weighted by atomic mass is 9.73. The van der Waals surface area contributed by atoms with Gasteiger partial charge in [0, 0.05) is 33.6 Å². The molecule has 0 radical (unpaired) electrons. The first kappa shape index (κ1) is 33.0. The Morgan fingerprint density at radius 2 is 1.02 bits per heavy atom. The molecule has 2 heteroatoms. The molecular formula is C50H44N2. The van der Waals surface area contributed by atoms with Crippen molar-refractivity contribution >= 4 is 17.1 Å². The highest BCUT2D eigenvalue weighted by Gasteiger charge is 2.30. The Bertz CT molecular complexity index is 2300. The van der Waals surface area contributed by atoms with E-state index in [1.807, 2.05) is 0 Å². The molecule has 0 heterocycles. The van der Waals surface area contributed by atoms with Gasteiger partial charge in [-0.05, 0) is 95.1 Å². The summed E-state index contributed by atoms with van der Waals surface area (Å²) in [7, 11) is 0. The number of anilines is 3. The van der Waals surface area contributed by atoms with Gasteiger partial charge in [0.2, 0.25) is 0 Å². The van der Waals surface area contributed by atoms with Crippen molar-refractivity contribution in [2.24, 2.45) is 5.41 Å². The Morgan fingerprint density at radius 1 is 0.481 bits per heavy atom. The molecule has 0 aliphatic heterocycles. The van der Waals surface area contributed by atoms with E-state index in [2.05, 4.69) is 219 Å². The lowest BCUT2D eigenvalue weighted by Crippen LogP contribution is -2.34. The third-order valence-electron chi connectivity index (χ3n) is 10.5. The molecule has 2 atom stereocenters. The predicted molar refractivity (Wildman–Crippen MR) is 223 cm³/mol. The largest absolute Gasteiger partial charge is 0.376 e. The lowest BCUT2D eigenvalue weighted by Gasteiger charge is -2.36. The summed E-state index contributed by atoms with van der Waals surface area (Å²) in [4.78, 5) is 0. The Balaban J connectivity index is 1.11. The van der Waals surface area contributed by atoms with Gasteiger partial charge in [0.1, 0.15) is 0 Å². The van der Waals surface area contributed by atoms with E-state index < -0.39 is 0 Å². The van der Waals surface area contributed by atoms with E-state index in [0.29, 0.717) is 0 Å². The van der Waals surface area contributed by atoms with Crippen LogP contribution in [-0.4, -0.2) is 5.54 Å². The second-order valence-electron chi connectivity index (χ2n) is 14.5. The van der Waals surface area contributed by atoms with E-state index >= 15 is 0 Å². The van der Waals surface area contributed by atoms with Gasteiger partial charge in [-0.25, -0.2) is 0 Å². The molecule has 0 amide bonds. The van der Waals surface area contributed by atoms with Crippen molar-refractivity contribution in [3.05, 3.63) is 200 Å². The molecule has 0 aromatic heterocycles. The van der Waals surface area contributed by atoms with Crippen LogP contribution >= 0.6 is 0 Å². The van der Waals surface area contributed by atoms with Crippen molar-refractivity contribution in [3.8, 4) is 44.5 Å². The van der Waals surface area contributed by atoms with Gasteiger partial charge in [-0.1, -0.05) is 165 Å². The van der Waals surface area contributed by atoms with Gasteiger partial charge in [0.15, 0.2) is 0 Å². The first-order chi connectivity index (χ1) is 25.4. The van der Waals surface area contributed by atoms with Crippen molar-refractivity contribution in [1.82, 2.24) is 0 Å². The Labute approximate surface area is 308 Å². The minimum Gasteiger partial charge on any atom is -0.376 e. The highest BCUT2D eigenvalue weighted by atomic mass is 15.0. The topological polar surface area (TPSA) is 24.1 Å². The summed E-state index contributed by atoms with van der Waals surface area (Å²) in [5.74, 6) is 0. The zero-order valence-corrected chi connectivity index (χ0v) is 29.9. The molecule has 2 N–H and O–H groups in total. The molecule has 0 saturated heterocycles. The summed E-state index contributed by atoms with van der Waals surface area (Å²) >= 11 is 0. The van der Waals surface area contributed by atoms with Crippen LogP contribution in [-0.2, 0) is 0 Å². The van der Waals surface area contributed by atoms with E-state index in [4.69, 9.17) is 0 Å². The fraction of sp³-hybridized carbons (Fsp3) is 0.120. The molecule has 2 unspecified atom stereocenters. The fourth-order valence-corrected chi connectivity index (χ4v) is 7.41. The molecule has 8 rings (SSSR count). The van der Waals surface area contributed by atoms with Crippen LogP contribution in [0.25, 0.3) is 44.5 Å². The Morgan fingerprint density at radius 3 is 1.58 bits per heavy atom. The third kappa shape index (κ3) is 7.06. The number of benzene rings is 6. The number of allylic oxidation sites excluding steroid dienone is 6. The number of hydrogen-bond acceptors (Lipinski definition) is 2. The zero-order valence-electron chi connectivity index (χ0n) is 29.9. The molecule has 6 aromatic rings. The molecule has 0 spiro atoms. The standard InChI is InChI=1S/C50H44N2/c1-49(31-13-6-14-32-49)43-29-33-50(2,34-30-43)52-48-28-24-42(36-46(48)40-19-11-5-12-20-40)41-23-27-47(45(35-41)39-17-9-4-10-18-39)51-44-25-21-38(22-26-44)37-15-7-3-8-16-37/h3-31,33,35-36,51-52H,32,34H2,1-2H3. The van der Waals surface area contributed by atoms with Crippen molar-refractivity contribution in [3.63, 3.8) is 0 Å². The molecule has 254 valence electrons. The normalized spacial score (nSPS) is 19.2. The fourth-order valence-electron chi connectivity index (χ4n) is 7.41. The average molecular weight is 673 g/mol. The van der Waals surface area contributed by atoms with E-state index in [-0.39, 0.29) is 11.0 Å². The summed E-state index contributed by atoms with van der Waals surface area (Å²) in [6.45, 7) is 4.63. The van der Waals surface area contributed by atoms with Crippen molar-refractivity contribution in [2.45, 2.75) is 32.2 Å². The van der Waals surface area contributed by atoms with Gasteiger partial charge in [-0.2, -0.15) is 0 Å². The minimum atomic E-state index is -0.202. The second kappa shape index (κ2) is 14.2. The quantitative estimate of drug-likeness (QED) is 0.160. The first-order valence-electron chi connectivity index (χ1n) is 18.3. The highest BCUT2D eigenvalue weighted by molar-refractivity contribution is 5.88.